The van der Waals surface area contributed by atoms with Crippen LogP contribution in [0.15, 0.2) is 64.9 Å². The van der Waals surface area contributed by atoms with Gasteiger partial charge in [0.1, 0.15) is 5.00 Å². The molecule has 0 aliphatic rings. The first kappa shape index (κ1) is 23.3. The number of nitrogens with one attached hydrogen (secondary N) is 3. The van der Waals surface area contributed by atoms with Gasteiger partial charge in [0.2, 0.25) is 0 Å². The second-order valence-corrected chi connectivity index (χ2v) is 9.20. The summed E-state index contributed by atoms with van der Waals surface area (Å²) in [6, 6.07) is 13.0. The van der Waals surface area contributed by atoms with Gasteiger partial charge in [-0.25, -0.2) is 13.2 Å². The minimum Gasteiger partial charge on any atom is -0.453 e. The number of hydrogen-bond donors (Lipinski definition) is 3. The highest BCUT2D eigenvalue weighted by Crippen LogP contribution is 2.26. The van der Waals surface area contributed by atoms with Crippen molar-refractivity contribution in [2.45, 2.75) is 4.90 Å². The van der Waals surface area contributed by atoms with E-state index < -0.39 is 27.9 Å². The van der Waals surface area contributed by atoms with Crippen LogP contribution >= 0.6 is 22.9 Å². The number of anilines is 2. The van der Waals surface area contributed by atoms with Gasteiger partial charge in [-0.1, -0.05) is 23.7 Å². The normalized spacial score (nSPS) is 10.8. The molecule has 0 fully saturated rings. The number of carbonyl (C=O) groups is 3. The van der Waals surface area contributed by atoms with E-state index >= 15 is 0 Å². The predicted octanol–water partition coefficient (Wildman–Crippen LogP) is 3.95. The smallest absolute Gasteiger partial charge is 0.413 e. The number of para-hydroxylation sites is 1. The number of thiophene rings is 1. The van der Waals surface area contributed by atoms with Crippen molar-refractivity contribution in [3.8, 4) is 0 Å². The zero-order valence-corrected chi connectivity index (χ0v) is 18.8. The maximum Gasteiger partial charge on any atom is 0.413 e. The van der Waals surface area contributed by atoms with Gasteiger partial charge in [0, 0.05) is 5.02 Å². The van der Waals surface area contributed by atoms with Crippen LogP contribution < -0.4 is 15.4 Å². The van der Waals surface area contributed by atoms with Crippen molar-refractivity contribution in [2.24, 2.45) is 0 Å². The summed E-state index contributed by atoms with van der Waals surface area (Å²) in [6.45, 7) is 0. The molecule has 0 bridgehead atoms. The van der Waals surface area contributed by atoms with Crippen LogP contribution in [0.1, 0.15) is 20.7 Å². The summed E-state index contributed by atoms with van der Waals surface area (Å²) in [5.74, 6) is -1.42. The van der Waals surface area contributed by atoms with Crippen molar-refractivity contribution in [3.63, 3.8) is 0 Å². The molecule has 0 spiro atoms. The quantitative estimate of drug-likeness (QED) is 0.476. The van der Waals surface area contributed by atoms with Gasteiger partial charge in [-0.05, 0) is 47.8 Å². The van der Waals surface area contributed by atoms with Gasteiger partial charge >= 0.3 is 6.09 Å². The van der Waals surface area contributed by atoms with Crippen LogP contribution in [0.4, 0.5) is 15.5 Å². The lowest BCUT2D eigenvalue weighted by Gasteiger charge is -2.13. The van der Waals surface area contributed by atoms with Crippen molar-refractivity contribution in [1.82, 2.24) is 5.32 Å². The molecule has 2 aromatic carbocycles. The Morgan fingerprint density at radius 1 is 0.938 bits per heavy atom. The average molecular weight is 494 g/mol. The van der Waals surface area contributed by atoms with Crippen LogP contribution in [0.5, 0.6) is 0 Å². The van der Waals surface area contributed by atoms with E-state index in [2.05, 4.69) is 14.8 Å². The van der Waals surface area contributed by atoms with Crippen LogP contribution in [0, 0.1) is 0 Å². The molecule has 3 rings (SSSR count). The van der Waals surface area contributed by atoms with Crippen LogP contribution in [-0.2, 0) is 14.8 Å². The highest BCUT2D eigenvalue weighted by atomic mass is 35.5. The van der Waals surface area contributed by atoms with E-state index in [0.717, 1.165) is 18.4 Å². The number of benzene rings is 2. The summed E-state index contributed by atoms with van der Waals surface area (Å²) in [6.07, 6.45) is -0.944. The van der Waals surface area contributed by atoms with Crippen LogP contribution in [-0.4, -0.2) is 33.4 Å². The van der Waals surface area contributed by atoms with Gasteiger partial charge in [0.15, 0.2) is 0 Å². The predicted molar refractivity (Wildman–Crippen MR) is 121 cm³/mol. The fraction of sp³-hybridized carbons (Fsp3) is 0.0500. The summed E-state index contributed by atoms with van der Waals surface area (Å²) in [5.41, 5.74) is 0.114. The van der Waals surface area contributed by atoms with E-state index in [1.54, 1.807) is 17.5 Å². The van der Waals surface area contributed by atoms with Gasteiger partial charge in [0.25, 0.3) is 21.8 Å². The monoisotopic (exact) mass is 493 g/mol. The number of imide groups is 1. The Kier molecular flexibility index (Phi) is 7.13. The zero-order valence-electron chi connectivity index (χ0n) is 16.4. The van der Waals surface area contributed by atoms with E-state index in [4.69, 9.17) is 11.6 Å². The second kappa shape index (κ2) is 9.81. The Balaban J connectivity index is 1.83. The summed E-state index contributed by atoms with van der Waals surface area (Å²) < 4.78 is 32.2. The van der Waals surface area contributed by atoms with E-state index in [1.165, 1.54) is 42.5 Å². The first-order chi connectivity index (χ1) is 15.2. The second-order valence-electron chi connectivity index (χ2n) is 6.17. The van der Waals surface area contributed by atoms with Crippen molar-refractivity contribution in [2.75, 3.05) is 17.1 Å². The van der Waals surface area contributed by atoms with E-state index in [1.807, 2.05) is 5.32 Å². The highest BCUT2D eigenvalue weighted by molar-refractivity contribution is 7.92. The third-order valence-corrected chi connectivity index (χ3v) is 6.54. The Bertz CT molecular complexity index is 1270. The fourth-order valence-electron chi connectivity index (χ4n) is 2.55. The number of amides is 3. The average Bonchev–Trinajstić information content (AvgIpc) is 3.22. The molecule has 32 heavy (non-hydrogen) atoms. The Morgan fingerprint density at radius 2 is 1.62 bits per heavy atom. The number of rotatable bonds is 6. The number of ether oxygens (including phenoxy) is 1. The SMILES string of the molecule is COC(=O)NC(=O)c1ccsc1NC(=O)c1ccccc1NS(=O)(=O)c1ccc(Cl)cc1. The Hall–Kier alpha value is -3.41. The number of alkyl carbamates (subject to hydrolysis) is 1. The molecule has 0 aliphatic heterocycles. The minimum atomic E-state index is -3.99. The summed E-state index contributed by atoms with van der Waals surface area (Å²) >= 11 is 6.86. The molecule has 0 saturated carbocycles. The lowest BCUT2D eigenvalue weighted by molar-refractivity contribution is 0.0938. The molecule has 0 atom stereocenters. The van der Waals surface area contributed by atoms with E-state index in [9.17, 15) is 22.8 Å². The van der Waals surface area contributed by atoms with E-state index in [0.29, 0.717) is 5.02 Å². The molecule has 0 unspecified atom stereocenters. The topological polar surface area (TPSA) is 131 Å². The standard InChI is InChI=1S/C20H16ClN3O6S2/c1-30-20(27)23-18(26)15-10-11-31-19(15)22-17(25)14-4-2-3-5-16(14)24-32(28,29)13-8-6-12(21)7-9-13/h2-11,24H,1H3,(H,22,25)(H,23,26,27). The highest BCUT2D eigenvalue weighted by Gasteiger charge is 2.21. The molecule has 1 aromatic heterocycles. The number of halogens is 1. The Morgan fingerprint density at radius 3 is 2.31 bits per heavy atom. The summed E-state index contributed by atoms with van der Waals surface area (Å²) in [5, 5.41) is 6.68. The van der Waals surface area contributed by atoms with Gasteiger partial charge in [-0.2, -0.15) is 0 Å². The van der Waals surface area contributed by atoms with E-state index in [-0.39, 0.29) is 26.7 Å². The molecular weight excluding hydrogens is 478 g/mol. The third kappa shape index (κ3) is 5.44. The zero-order chi connectivity index (χ0) is 23.3. The molecule has 12 heteroatoms. The maximum atomic E-state index is 12.9. The van der Waals surface area contributed by atoms with Gasteiger partial charge in [-0.15, -0.1) is 11.3 Å². The molecule has 166 valence electrons. The maximum absolute atomic E-state index is 12.9. The number of sulfonamides is 1. The van der Waals surface area contributed by atoms with Crippen LogP contribution in [0.25, 0.3) is 0 Å². The van der Waals surface area contributed by atoms with Crippen LogP contribution in [0.2, 0.25) is 5.02 Å². The first-order valence-corrected chi connectivity index (χ1v) is 11.6. The van der Waals surface area contributed by atoms with Crippen molar-refractivity contribution in [3.05, 3.63) is 76.1 Å². The molecule has 0 radical (unpaired) electrons. The van der Waals surface area contributed by atoms with Gasteiger partial charge < -0.3 is 10.1 Å². The lowest BCUT2D eigenvalue weighted by atomic mass is 10.1. The number of carbonyl (C=O) groups excluding carboxylic acids is 3. The molecule has 3 amide bonds. The molecular formula is C20H16ClN3O6S2. The molecule has 9 nitrogen and oxygen atoms in total. The number of methoxy groups -OCH3 is 1. The minimum absolute atomic E-state index is 0.0257. The van der Waals surface area contributed by atoms with Crippen molar-refractivity contribution < 1.29 is 27.5 Å². The Labute approximate surface area is 192 Å². The molecule has 3 N–H and O–H groups in total. The van der Waals surface area contributed by atoms with Crippen molar-refractivity contribution >= 4 is 61.6 Å². The lowest BCUT2D eigenvalue weighted by Crippen LogP contribution is -2.30. The van der Waals surface area contributed by atoms with Crippen LogP contribution in [0.3, 0.4) is 0 Å². The van der Waals surface area contributed by atoms with Crippen molar-refractivity contribution in [1.29, 1.82) is 0 Å². The molecule has 0 aliphatic carbocycles. The first-order valence-electron chi connectivity index (χ1n) is 8.87. The summed E-state index contributed by atoms with van der Waals surface area (Å²) in [7, 11) is -2.88. The number of hydrogen-bond acceptors (Lipinski definition) is 7. The van der Waals surface area contributed by atoms with Gasteiger partial charge in [-0.3, -0.25) is 19.6 Å². The molecule has 0 saturated heterocycles. The summed E-state index contributed by atoms with van der Waals surface area (Å²) in [4.78, 5) is 36.3. The molecule has 3 aromatic rings. The molecule has 1 heterocycles. The third-order valence-electron chi connectivity index (χ3n) is 4.08. The fourth-order valence-corrected chi connectivity index (χ4v) is 4.54. The largest absolute Gasteiger partial charge is 0.453 e. The van der Waals surface area contributed by atoms with Gasteiger partial charge in [0.05, 0.1) is 28.8 Å².